The van der Waals surface area contributed by atoms with Crippen LogP contribution in [0.15, 0.2) is 53.4 Å². The van der Waals surface area contributed by atoms with Gasteiger partial charge in [-0.15, -0.1) is 0 Å². The van der Waals surface area contributed by atoms with Crippen molar-refractivity contribution in [2.24, 2.45) is 5.92 Å². The fourth-order valence-corrected chi connectivity index (χ4v) is 5.25. The Kier molecular flexibility index (Phi) is 8.77. The molecule has 0 aliphatic carbocycles. The summed E-state index contributed by atoms with van der Waals surface area (Å²) in [5, 5.41) is 14.0. The van der Waals surface area contributed by atoms with E-state index in [0.717, 1.165) is 16.5 Å². The molecule has 1 aliphatic heterocycles. The lowest BCUT2D eigenvalue weighted by Gasteiger charge is -2.30. The van der Waals surface area contributed by atoms with Crippen molar-refractivity contribution in [3.05, 3.63) is 65.2 Å². The number of aliphatic hydroxyl groups is 1. The molecule has 35 heavy (non-hydrogen) atoms. The van der Waals surface area contributed by atoms with Gasteiger partial charge in [0.05, 0.1) is 17.7 Å². The molecule has 3 atom stereocenters. The van der Waals surface area contributed by atoms with Gasteiger partial charge < -0.3 is 15.2 Å². The molecule has 1 amide bonds. The Bertz CT molecular complexity index is 996. The van der Waals surface area contributed by atoms with E-state index in [0.29, 0.717) is 24.9 Å². The quantitative estimate of drug-likeness (QED) is 0.488. The van der Waals surface area contributed by atoms with Crippen molar-refractivity contribution in [3.63, 3.8) is 0 Å². The zero-order valence-corrected chi connectivity index (χ0v) is 21.2. The van der Waals surface area contributed by atoms with Gasteiger partial charge in [-0.05, 0) is 80.8 Å². The van der Waals surface area contributed by atoms with E-state index in [1.807, 2.05) is 41.6 Å². The number of alkyl carbamates (subject to hydrolysis) is 1. The molecule has 5 nitrogen and oxygen atoms in total. The molecule has 2 aromatic rings. The van der Waals surface area contributed by atoms with E-state index in [2.05, 4.69) is 5.32 Å². The Labute approximate surface area is 209 Å². The van der Waals surface area contributed by atoms with E-state index in [1.54, 1.807) is 20.8 Å². The lowest BCUT2D eigenvalue weighted by molar-refractivity contribution is -0.137. The van der Waals surface area contributed by atoms with Gasteiger partial charge in [0.1, 0.15) is 5.60 Å². The first-order chi connectivity index (χ1) is 16.3. The first kappa shape index (κ1) is 27.4. The van der Waals surface area contributed by atoms with Gasteiger partial charge in [-0.1, -0.05) is 37.3 Å². The summed E-state index contributed by atoms with van der Waals surface area (Å²) in [6.07, 6.45) is -5.01. The fraction of sp³-hybridized carbons (Fsp3) is 0.500. The predicted molar refractivity (Wildman–Crippen MR) is 131 cm³/mol. The van der Waals surface area contributed by atoms with E-state index in [-0.39, 0.29) is 12.5 Å². The Morgan fingerprint density at radius 2 is 1.89 bits per heavy atom. The molecule has 0 saturated heterocycles. The summed E-state index contributed by atoms with van der Waals surface area (Å²) in [5.41, 5.74) is 0.278. The van der Waals surface area contributed by atoms with Gasteiger partial charge in [0, 0.05) is 18.0 Å². The summed E-state index contributed by atoms with van der Waals surface area (Å²) < 4.78 is 46.9. The average molecular weight is 511 g/mol. The zero-order valence-electron chi connectivity index (χ0n) is 20.4. The van der Waals surface area contributed by atoms with Crippen LogP contribution in [0, 0.1) is 5.92 Å². The van der Waals surface area contributed by atoms with E-state index in [9.17, 15) is 23.1 Å². The van der Waals surface area contributed by atoms with E-state index >= 15 is 0 Å². The molecule has 9 heteroatoms. The number of aliphatic hydroxyl groups excluding tert-OH is 1. The predicted octanol–water partition coefficient (Wildman–Crippen LogP) is 5.70. The second-order valence-electron chi connectivity index (χ2n) is 10.1. The largest absolute Gasteiger partial charge is 0.444 e. The van der Waals surface area contributed by atoms with Gasteiger partial charge in [-0.2, -0.15) is 13.2 Å². The molecule has 1 aliphatic rings. The number of hydrogen-bond donors (Lipinski definition) is 2. The van der Waals surface area contributed by atoms with Crippen LogP contribution in [0.3, 0.4) is 0 Å². The molecule has 0 radical (unpaired) electrons. The lowest BCUT2D eigenvalue weighted by Crippen LogP contribution is -2.50. The maximum atomic E-state index is 13.2. The minimum Gasteiger partial charge on any atom is -0.444 e. The molecule has 1 heterocycles. The minimum atomic E-state index is -4.39. The highest BCUT2D eigenvalue weighted by Gasteiger charge is 2.33. The van der Waals surface area contributed by atoms with Crippen molar-refractivity contribution in [2.75, 3.05) is 13.1 Å². The molecule has 0 saturated carbocycles. The van der Waals surface area contributed by atoms with Crippen molar-refractivity contribution in [1.29, 1.82) is 0 Å². The number of ether oxygens (including phenoxy) is 1. The molecule has 0 aromatic heterocycles. The van der Waals surface area contributed by atoms with Gasteiger partial charge in [-0.25, -0.2) is 9.10 Å². The van der Waals surface area contributed by atoms with Crippen LogP contribution in [0.5, 0.6) is 0 Å². The van der Waals surface area contributed by atoms with Gasteiger partial charge in [0.15, 0.2) is 0 Å². The van der Waals surface area contributed by atoms with Crippen LogP contribution in [0.25, 0.3) is 0 Å². The first-order valence-corrected chi connectivity index (χ1v) is 12.4. The number of amides is 1. The molecule has 0 unspecified atom stereocenters. The van der Waals surface area contributed by atoms with Gasteiger partial charge >= 0.3 is 12.3 Å². The monoisotopic (exact) mass is 510 g/mol. The lowest BCUT2D eigenvalue weighted by atomic mass is 9.98. The Hall–Kier alpha value is -2.23. The van der Waals surface area contributed by atoms with E-state index in [1.165, 1.54) is 24.1 Å². The maximum Gasteiger partial charge on any atom is 0.416 e. The number of halogens is 3. The summed E-state index contributed by atoms with van der Waals surface area (Å²) in [4.78, 5) is 13.2. The van der Waals surface area contributed by atoms with Crippen LogP contribution in [-0.4, -0.2) is 46.3 Å². The van der Waals surface area contributed by atoms with Gasteiger partial charge in [0.25, 0.3) is 0 Å². The highest BCUT2D eigenvalue weighted by Crippen LogP contribution is 2.37. The third kappa shape index (κ3) is 8.44. The van der Waals surface area contributed by atoms with Gasteiger partial charge in [-0.3, -0.25) is 0 Å². The molecule has 0 bridgehead atoms. The summed E-state index contributed by atoms with van der Waals surface area (Å²) >= 11 is 1.34. The summed E-state index contributed by atoms with van der Waals surface area (Å²) in [6, 6.07) is 12.7. The minimum absolute atomic E-state index is 0.0887. The zero-order chi connectivity index (χ0) is 25.8. The third-order valence-electron chi connectivity index (χ3n) is 5.55. The topological polar surface area (TPSA) is 61.8 Å². The number of nitrogens with one attached hydrogen (secondary N) is 1. The molecule has 192 valence electrons. The number of carbonyl (C=O) groups excluding carboxylic acids is 1. The molecule has 3 rings (SSSR count). The van der Waals surface area contributed by atoms with Gasteiger partial charge in [0.2, 0.25) is 0 Å². The number of β-amino-alcohol motifs (C(OH)–C–C–N with tert-alkyl or cyclic N) is 1. The van der Waals surface area contributed by atoms with Crippen LogP contribution in [0.1, 0.15) is 44.4 Å². The number of fused-ring (bicyclic) bond motifs is 1. The Morgan fingerprint density at radius 3 is 2.51 bits per heavy atom. The molecule has 2 N–H and O–H groups in total. The molecule has 0 fully saturated rings. The standard InChI is InChI=1S/C26H33F3N2O3S/c1-17-12-19-14-20(26(27,28)29)10-11-23(19)35-31(15-17)16-22(32)21(13-18-8-6-5-7-9-18)30-24(33)34-25(2,3)4/h5-11,14,17,21-22,32H,12-13,15-16H2,1-4H3,(H,30,33)/t17-,21-,22+/m0/s1. The number of carbonyl (C=O) groups is 1. The number of nitrogens with zero attached hydrogens (tertiary/aromatic N) is 1. The van der Waals surface area contributed by atoms with E-state index < -0.39 is 35.6 Å². The normalized spacial score (nSPS) is 18.8. The summed E-state index contributed by atoms with van der Waals surface area (Å²) in [7, 11) is 0. The second-order valence-corrected chi connectivity index (χ2v) is 11.2. The van der Waals surface area contributed by atoms with Crippen molar-refractivity contribution in [2.45, 2.75) is 69.4 Å². The van der Waals surface area contributed by atoms with Crippen LogP contribution >= 0.6 is 11.9 Å². The highest BCUT2D eigenvalue weighted by molar-refractivity contribution is 7.97. The first-order valence-electron chi connectivity index (χ1n) is 11.6. The van der Waals surface area contributed by atoms with E-state index in [4.69, 9.17) is 4.74 Å². The van der Waals surface area contributed by atoms with Crippen LogP contribution in [0.4, 0.5) is 18.0 Å². The summed E-state index contributed by atoms with van der Waals surface area (Å²) in [5.74, 6) is 0.0887. The third-order valence-corrected chi connectivity index (χ3v) is 6.71. The number of rotatable bonds is 6. The van der Waals surface area contributed by atoms with Crippen molar-refractivity contribution < 1.29 is 27.8 Å². The highest BCUT2D eigenvalue weighted by atomic mass is 32.2. The second kappa shape index (κ2) is 11.2. The Morgan fingerprint density at radius 1 is 1.20 bits per heavy atom. The van der Waals surface area contributed by atoms with Crippen LogP contribution in [0.2, 0.25) is 0 Å². The molecular weight excluding hydrogens is 477 g/mol. The number of benzene rings is 2. The average Bonchev–Trinajstić information content (AvgIpc) is 2.88. The maximum absolute atomic E-state index is 13.2. The Balaban J connectivity index is 1.76. The molecule has 2 aromatic carbocycles. The number of hydrogen-bond acceptors (Lipinski definition) is 5. The van der Waals surface area contributed by atoms with Crippen LogP contribution < -0.4 is 5.32 Å². The van der Waals surface area contributed by atoms with Crippen molar-refractivity contribution >= 4 is 18.0 Å². The number of alkyl halides is 3. The van der Waals surface area contributed by atoms with Crippen molar-refractivity contribution in [1.82, 2.24) is 9.62 Å². The fourth-order valence-electron chi connectivity index (χ4n) is 4.03. The smallest absolute Gasteiger partial charge is 0.416 e. The SMILES string of the molecule is C[C@H]1Cc2cc(C(F)(F)F)ccc2SN(C[C@@H](O)[C@H](Cc2ccccc2)NC(=O)OC(C)(C)C)C1. The van der Waals surface area contributed by atoms with Crippen molar-refractivity contribution in [3.8, 4) is 0 Å². The molecular formula is C26H33F3N2O3S. The summed E-state index contributed by atoms with van der Waals surface area (Å²) in [6.45, 7) is 8.10. The molecule has 0 spiro atoms. The van der Waals surface area contributed by atoms with Crippen LogP contribution in [-0.2, 0) is 23.8 Å².